The molecule has 0 saturated carbocycles. The van der Waals surface area contributed by atoms with Gasteiger partial charge in [-0.2, -0.15) is 0 Å². The van der Waals surface area contributed by atoms with E-state index < -0.39 is 0 Å². The lowest BCUT2D eigenvalue weighted by Crippen LogP contribution is -1.89. The molecule has 0 fully saturated rings. The second-order valence-corrected chi connectivity index (χ2v) is 2.82. The predicted octanol–water partition coefficient (Wildman–Crippen LogP) is 2.66. The third-order valence-corrected chi connectivity index (χ3v) is 1.63. The molecule has 1 rings (SSSR count). The zero-order valence-electron chi connectivity index (χ0n) is 6.74. The van der Waals surface area contributed by atoms with Crippen LogP contribution in [0.25, 0.3) is 0 Å². The molecule has 0 aliphatic carbocycles. The van der Waals surface area contributed by atoms with Crippen molar-refractivity contribution in [3.05, 3.63) is 29.8 Å². The molecule has 0 saturated heterocycles. The van der Waals surface area contributed by atoms with E-state index in [1.54, 1.807) is 6.07 Å². The standard InChI is InChI=1S/C9H12O2/c1-7(2)8-4-3-5-9(6-8)11-10/h3-7,10H,1-2H3. The van der Waals surface area contributed by atoms with Crippen LogP contribution in [-0.4, -0.2) is 5.26 Å². The second kappa shape index (κ2) is 3.39. The first kappa shape index (κ1) is 8.08. The number of rotatable bonds is 2. The summed E-state index contributed by atoms with van der Waals surface area (Å²) in [6.07, 6.45) is 0. The van der Waals surface area contributed by atoms with Crippen LogP contribution in [0.5, 0.6) is 5.75 Å². The quantitative estimate of drug-likeness (QED) is 0.521. The molecule has 0 spiro atoms. The lowest BCUT2D eigenvalue weighted by Gasteiger charge is -2.05. The molecule has 0 heterocycles. The van der Waals surface area contributed by atoms with Gasteiger partial charge in [0.2, 0.25) is 0 Å². The first-order chi connectivity index (χ1) is 5.24. The molecule has 0 atom stereocenters. The molecule has 0 unspecified atom stereocenters. The highest BCUT2D eigenvalue weighted by atomic mass is 17.1. The molecular formula is C9H12O2. The third-order valence-electron chi connectivity index (χ3n) is 1.63. The van der Waals surface area contributed by atoms with E-state index in [-0.39, 0.29) is 0 Å². The van der Waals surface area contributed by atoms with Gasteiger partial charge in [-0.15, -0.1) is 0 Å². The largest absolute Gasteiger partial charge is 0.340 e. The first-order valence-corrected chi connectivity index (χ1v) is 3.65. The highest BCUT2D eigenvalue weighted by molar-refractivity contribution is 5.29. The fraction of sp³-hybridized carbons (Fsp3) is 0.333. The summed E-state index contributed by atoms with van der Waals surface area (Å²) in [6, 6.07) is 7.41. The van der Waals surface area contributed by atoms with Gasteiger partial charge >= 0.3 is 0 Å². The minimum atomic E-state index is 0.463. The molecule has 0 radical (unpaired) electrons. The predicted molar refractivity (Wildman–Crippen MR) is 43.8 cm³/mol. The molecule has 0 aliphatic rings. The number of benzene rings is 1. The average Bonchev–Trinajstić information content (AvgIpc) is 2.05. The van der Waals surface area contributed by atoms with Crippen LogP contribution in [0.2, 0.25) is 0 Å². The summed E-state index contributed by atoms with van der Waals surface area (Å²) in [7, 11) is 0. The molecule has 60 valence electrons. The van der Waals surface area contributed by atoms with Gasteiger partial charge in [0.1, 0.15) is 0 Å². The van der Waals surface area contributed by atoms with E-state index in [9.17, 15) is 0 Å². The van der Waals surface area contributed by atoms with E-state index in [1.807, 2.05) is 18.2 Å². The van der Waals surface area contributed by atoms with Crippen LogP contribution in [0.15, 0.2) is 24.3 Å². The molecule has 0 aromatic heterocycles. The fourth-order valence-electron chi connectivity index (χ4n) is 0.930. The van der Waals surface area contributed by atoms with Crippen molar-refractivity contribution >= 4 is 0 Å². The van der Waals surface area contributed by atoms with Gasteiger partial charge in [-0.3, -0.25) is 0 Å². The van der Waals surface area contributed by atoms with E-state index in [0.717, 1.165) is 5.56 Å². The van der Waals surface area contributed by atoms with Crippen molar-refractivity contribution in [1.82, 2.24) is 0 Å². The molecule has 11 heavy (non-hydrogen) atoms. The summed E-state index contributed by atoms with van der Waals surface area (Å²) in [5.41, 5.74) is 1.16. The molecular weight excluding hydrogens is 140 g/mol. The summed E-state index contributed by atoms with van der Waals surface area (Å²) in [6.45, 7) is 4.19. The molecule has 0 amide bonds. The Hall–Kier alpha value is -1.02. The lowest BCUT2D eigenvalue weighted by molar-refractivity contribution is -0.137. The Morgan fingerprint density at radius 3 is 2.64 bits per heavy atom. The van der Waals surface area contributed by atoms with E-state index in [1.165, 1.54) is 0 Å². The van der Waals surface area contributed by atoms with Gasteiger partial charge in [-0.05, 0) is 23.6 Å². The van der Waals surface area contributed by atoms with Crippen LogP contribution in [-0.2, 0) is 0 Å². The van der Waals surface area contributed by atoms with Gasteiger partial charge in [-0.25, -0.2) is 5.26 Å². The minimum Gasteiger partial charge on any atom is -0.340 e. The van der Waals surface area contributed by atoms with Gasteiger partial charge in [0.05, 0.1) is 0 Å². The maximum Gasteiger partial charge on any atom is 0.165 e. The topological polar surface area (TPSA) is 29.5 Å². The third kappa shape index (κ3) is 1.95. The Bertz CT molecular complexity index is 231. The van der Waals surface area contributed by atoms with E-state index in [4.69, 9.17) is 5.26 Å². The van der Waals surface area contributed by atoms with E-state index in [2.05, 4.69) is 18.7 Å². The molecule has 1 aromatic rings. The molecule has 0 aliphatic heterocycles. The fourth-order valence-corrected chi connectivity index (χ4v) is 0.930. The summed E-state index contributed by atoms with van der Waals surface area (Å²) in [5, 5.41) is 8.34. The highest BCUT2D eigenvalue weighted by Gasteiger charge is 1.99. The maximum absolute atomic E-state index is 8.34. The van der Waals surface area contributed by atoms with Gasteiger partial charge in [0.25, 0.3) is 0 Å². The molecule has 2 heteroatoms. The smallest absolute Gasteiger partial charge is 0.165 e. The summed E-state index contributed by atoms with van der Waals surface area (Å²) in [5.74, 6) is 0.960. The Balaban J connectivity index is 2.91. The number of hydrogen-bond acceptors (Lipinski definition) is 2. The van der Waals surface area contributed by atoms with Crippen molar-refractivity contribution in [1.29, 1.82) is 0 Å². The SMILES string of the molecule is CC(C)c1cccc(OO)c1. The van der Waals surface area contributed by atoms with Crippen molar-refractivity contribution in [2.45, 2.75) is 19.8 Å². The van der Waals surface area contributed by atoms with Gasteiger partial charge in [0.15, 0.2) is 5.75 Å². The van der Waals surface area contributed by atoms with Crippen LogP contribution in [0, 0.1) is 0 Å². The Morgan fingerprint density at radius 1 is 1.36 bits per heavy atom. The van der Waals surface area contributed by atoms with Crippen molar-refractivity contribution in [2.75, 3.05) is 0 Å². The lowest BCUT2D eigenvalue weighted by atomic mass is 10.0. The molecule has 1 N–H and O–H groups in total. The highest BCUT2D eigenvalue weighted by Crippen LogP contribution is 2.19. The summed E-state index contributed by atoms with van der Waals surface area (Å²) in [4.78, 5) is 4.10. The molecule has 2 nitrogen and oxygen atoms in total. The van der Waals surface area contributed by atoms with Crippen LogP contribution in [0.1, 0.15) is 25.3 Å². The van der Waals surface area contributed by atoms with Crippen LogP contribution < -0.4 is 4.89 Å². The van der Waals surface area contributed by atoms with Crippen molar-refractivity contribution in [2.24, 2.45) is 0 Å². The van der Waals surface area contributed by atoms with Crippen molar-refractivity contribution in [3.8, 4) is 5.75 Å². The molecule has 1 aromatic carbocycles. The monoisotopic (exact) mass is 152 g/mol. The minimum absolute atomic E-state index is 0.463. The van der Waals surface area contributed by atoms with Gasteiger partial charge in [-0.1, -0.05) is 26.0 Å². The summed E-state index contributed by atoms with van der Waals surface area (Å²) >= 11 is 0. The van der Waals surface area contributed by atoms with Crippen LogP contribution in [0.4, 0.5) is 0 Å². The number of hydrogen-bond donors (Lipinski definition) is 1. The maximum atomic E-state index is 8.34. The normalized spacial score (nSPS) is 10.2. The van der Waals surface area contributed by atoms with E-state index in [0.29, 0.717) is 11.7 Å². The Kier molecular flexibility index (Phi) is 2.49. The Morgan fingerprint density at radius 2 is 2.09 bits per heavy atom. The van der Waals surface area contributed by atoms with Crippen LogP contribution >= 0.6 is 0 Å². The summed E-state index contributed by atoms with van der Waals surface area (Å²) < 4.78 is 0. The van der Waals surface area contributed by atoms with E-state index >= 15 is 0 Å². The second-order valence-electron chi connectivity index (χ2n) is 2.82. The average molecular weight is 152 g/mol. The van der Waals surface area contributed by atoms with Crippen molar-refractivity contribution in [3.63, 3.8) is 0 Å². The molecule has 0 bridgehead atoms. The van der Waals surface area contributed by atoms with Gasteiger partial charge < -0.3 is 4.89 Å². The zero-order valence-corrected chi connectivity index (χ0v) is 6.74. The van der Waals surface area contributed by atoms with Crippen molar-refractivity contribution < 1.29 is 10.1 Å². The Labute approximate surface area is 66.4 Å². The first-order valence-electron chi connectivity index (χ1n) is 3.65. The zero-order chi connectivity index (χ0) is 8.27. The van der Waals surface area contributed by atoms with Gasteiger partial charge in [0, 0.05) is 0 Å². The van der Waals surface area contributed by atoms with Crippen LogP contribution in [0.3, 0.4) is 0 Å².